The number of anilines is 1. The lowest BCUT2D eigenvalue weighted by atomic mass is 10.0. The van der Waals surface area contributed by atoms with Crippen LogP contribution >= 0.6 is 0 Å². The number of carbonyl (C=O) groups excluding carboxylic acids is 1. The Bertz CT molecular complexity index is 598. The minimum Gasteiger partial charge on any atom is -0.342 e. The largest absolute Gasteiger partial charge is 0.342 e. The third-order valence-electron chi connectivity index (χ3n) is 4.49. The topological polar surface area (TPSA) is 75.6 Å². The first-order valence-corrected chi connectivity index (χ1v) is 8.07. The maximum Gasteiger partial charge on any atom is 0.249 e. The van der Waals surface area contributed by atoms with Gasteiger partial charge >= 0.3 is 0 Å². The standard InChI is InChI=1S/C16H23N5O/c1-12(21-10-4-5-11-21)15(22)18-16-17-14(19-20-16)9-8-13-6-2-3-7-13/h4-5,10-13H,2-3,6-9H2,1H3,(H2,17,18,19,20,22)/t12-/m0/s1. The average Bonchev–Trinajstić information content (AvgIpc) is 3.26. The van der Waals surface area contributed by atoms with Crippen molar-refractivity contribution in [3.63, 3.8) is 0 Å². The molecule has 1 fully saturated rings. The van der Waals surface area contributed by atoms with Gasteiger partial charge in [0.1, 0.15) is 11.9 Å². The van der Waals surface area contributed by atoms with Crippen LogP contribution in [0, 0.1) is 5.92 Å². The van der Waals surface area contributed by atoms with Gasteiger partial charge in [0.15, 0.2) is 0 Å². The number of rotatable bonds is 6. The first kappa shape index (κ1) is 14.8. The lowest BCUT2D eigenvalue weighted by molar-refractivity contribution is -0.118. The highest BCUT2D eigenvalue weighted by Crippen LogP contribution is 2.28. The van der Waals surface area contributed by atoms with E-state index in [1.165, 1.54) is 25.7 Å². The fourth-order valence-corrected chi connectivity index (χ4v) is 3.06. The van der Waals surface area contributed by atoms with Crippen molar-refractivity contribution in [2.75, 3.05) is 5.32 Å². The van der Waals surface area contributed by atoms with Crippen LogP contribution in [0.1, 0.15) is 50.9 Å². The molecule has 0 saturated heterocycles. The van der Waals surface area contributed by atoms with Crippen LogP contribution in [0.5, 0.6) is 0 Å². The molecule has 6 nitrogen and oxygen atoms in total. The van der Waals surface area contributed by atoms with Crippen molar-refractivity contribution >= 4 is 11.9 Å². The maximum absolute atomic E-state index is 12.2. The Hall–Kier alpha value is -2.11. The SMILES string of the molecule is C[C@@H](C(=O)Nc1n[nH]c(CCC2CCCC2)n1)n1cccc1. The predicted molar refractivity (Wildman–Crippen MR) is 84.4 cm³/mol. The number of hydrogen-bond donors (Lipinski definition) is 2. The smallest absolute Gasteiger partial charge is 0.249 e. The first-order chi connectivity index (χ1) is 10.7. The molecule has 1 saturated carbocycles. The summed E-state index contributed by atoms with van der Waals surface area (Å²) in [6.07, 6.45) is 11.2. The van der Waals surface area contributed by atoms with Gasteiger partial charge in [-0.1, -0.05) is 25.7 Å². The van der Waals surface area contributed by atoms with Gasteiger partial charge in [0.05, 0.1) is 0 Å². The summed E-state index contributed by atoms with van der Waals surface area (Å²) < 4.78 is 1.85. The van der Waals surface area contributed by atoms with Gasteiger partial charge in [-0.15, -0.1) is 5.10 Å². The highest BCUT2D eigenvalue weighted by molar-refractivity contribution is 5.91. The molecular formula is C16H23N5O. The zero-order valence-electron chi connectivity index (χ0n) is 13.0. The van der Waals surface area contributed by atoms with Crippen molar-refractivity contribution < 1.29 is 4.79 Å². The Morgan fingerprint density at radius 1 is 1.41 bits per heavy atom. The summed E-state index contributed by atoms with van der Waals surface area (Å²) >= 11 is 0. The number of hydrogen-bond acceptors (Lipinski definition) is 3. The number of aromatic nitrogens is 4. The Kier molecular flexibility index (Phi) is 4.56. The van der Waals surface area contributed by atoms with Crippen molar-refractivity contribution in [2.45, 2.75) is 51.5 Å². The van der Waals surface area contributed by atoms with Crippen LogP contribution in [0.15, 0.2) is 24.5 Å². The third kappa shape index (κ3) is 3.55. The van der Waals surface area contributed by atoms with Gasteiger partial charge in [-0.3, -0.25) is 15.2 Å². The molecule has 6 heteroatoms. The molecule has 0 bridgehead atoms. The van der Waals surface area contributed by atoms with E-state index in [0.29, 0.717) is 5.95 Å². The van der Waals surface area contributed by atoms with Crippen molar-refractivity contribution in [3.8, 4) is 0 Å². The molecule has 0 aliphatic heterocycles. The van der Waals surface area contributed by atoms with Crippen molar-refractivity contribution in [2.24, 2.45) is 5.92 Å². The monoisotopic (exact) mass is 301 g/mol. The Balaban J connectivity index is 1.51. The molecule has 1 atom stereocenters. The third-order valence-corrected chi connectivity index (χ3v) is 4.49. The first-order valence-electron chi connectivity index (χ1n) is 8.07. The number of aromatic amines is 1. The molecule has 0 unspecified atom stereocenters. The molecule has 118 valence electrons. The van der Waals surface area contributed by atoms with Crippen LogP contribution in [0.4, 0.5) is 5.95 Å². The van der Waals surface area contributed by atoms with Crippen molar-refractivity contribution in [1.29, 1.82) is 0 Å². The van der Waals surface area contributed by atoms with Crippen LogP contribution in [-0.4, -0.2) is 25.7 Å². The molecule has 2 heterocycles. The molecule has 22 heavy (non-hydrogen) atoms. The predicted octanol–water partition coefficient (Wildman–Crippen LogP) is 2.93. The van der Waals surface area contributed by atoms with Gasteiger partial charge in [0.2, 0.25) is 11.9 Å². The van der Waals surface area contributed by atoms with Crippen LogP contribution in [0.2, 0.25) is 0 Å². The highest BCUT2D eigenvalue weighted by Gasteiger charge is 2.17. The van der Waals surface area contributed by atoms with Gasteiger partial charge in [-0.2, -0.15) is 4.98 Å². The lowest BCUT2D eigenvalue weighted by Gasteiger charge is -2.11. The molecule has 0 aromatic carbocycles. The molecule has 3 rings (SSSR count). The van der Waals surface area contributed by atoms with Crippen LogP contribution in [0.25, 0.3) is 0 Å². The number of nitrogens with one attached hydrogen (secondary N) is 2. The normalized spacial score (nSPS) is 16.8. The van der Waals surface area contributed by atoms with E-state index < -0.39 is 0 Å². The van der Waals surface area contributed by atoms with E-state index in [1.54, 1.807) is 0 Å². The van der Waals surface area contributed by atoms with E-state index in [-0.39, 0.29) is 11.9 Å². The number of amides is 1. The van der Waals surface area contributed by atoms with E-state index in [9.17, 15) is 4.79 Å². The van der Waals surface area contributed by atoms with Crippen LogP contribution in [-0.2, 0) is 11.2 Å². The second-order valence-corrected chi connectivity index (χ2v) is 6.09. The fourth-order valence-electron chi connectivity index (χ4n) is 3.06. The second kappa shape index (κ2) is 6.77. The summed E-state index contributed by atoms with van der Waals surface area (Å²) in [5, 5.41) is 9.78. The number of aryl methyl sites for hydroxylation is 1. The van der Waals surface area contributed by atoms with Gasteiger partial charge in [-0.05, 0) is 31.4 Å². The number of nitrogens with zero attached hydrogens (tertiary/aromatic N) is 3. The van der Waals surface area contributed by atoms with Gasteiger partial charge in [-0.25, -0.2) is 0 Å². The maximum atomic E-state index is 12.2. The zero-order chi connectivity index (χ0) is 15.4. The minimum absolute atomic E-state index is 0.113. The van der Waals surface area contributed by atoms with E-state index in [2.05, 4.69) is 20.5 Å². The van der Waals surface area contributed by atoms with Crippen LogP contribution in [0.3, 0.4) is 0 Å². The molecule has 1 aliphatic rings. The summed E-state index contributed by atoms with van der Waals surface area (Å²) in [5.41, 5.74) is 0. The molecule has 2 N–H and O–H groups in total. The molecule has 1 amide bonds. The summed E-state index contributed by atoms with van der Waals surface area (Å²) in [4.78, 5) is 16.5. The molecule has 0 spiro atoms. The summed E-state index contributed by atoms with van der Waals surface area (Å²) in [6, 6.07) is 3.52. The van der Waals surface area contributed by atoms with Gasteiger partial charge in [0, 0.05) is 18.8 Å². The van der Waals surface area contributed by atoms with Crippen LogP contribution < -0.4 is 5.32 Å². The molecule has 0 radical (unpaired) electrons. The summed E-state index contributed by atoms with van der Waals surface area (Å²) in [7, 11) is 0. The van der Waals surface area contributed by atoms with Gasteiger partial charge in [0.25, 0.3) is 0 Å². The lowest BCUT2D eigenvalue weighted by Crippen LogP contribution is -2.23. The Morgan fingerprint density at radius 3 is 2.86 bits per heavy atom. The molecular weight excluding hydrogens is 278 g/mol. The van der Waals surface area contributed by atoms with E-state index in [4.69, 9.17) is 0 Å². The Labute approximate surface area is 130 Å². The summed E-state index contributed by atoms with van der Waals surface area (Å²) in [5.74, 6) is 1.94. The molecule has 2 aromatic heterocycles. The number of H-pyrrole nitrogens is 1. The molecule has 2 aromatic rings. The average molecular weight is 301 g/mol. The molecule has 1 aliphatic carbocycles. The minimum atomic E-state index is -0.282. The summed E-state index contributed by atoms with van der Waals surface area (Å²) in [6.45, 7) is 1.85. The second-order valence-electron chi connectivity index (χ2n) is 6.09. The van der Waals surface area contributed by atoms with Crippen molar-refractivity contribution in [1.82, 2.24) is 19.7 Å². The highest BCUT2D eigenvalue weighted by atomic mass is 16.2. The Morgan fingerprint density at radius 2 is 2.14 bits per heavy atom. The number of carbonyl (C=O) groups is 1. The van der Waals surface area contributed by atoms with Gasteiger partial charge < -0.3 is 4.57 Å². The fraction of sp³-hybridized carbons (Fsp3) is 0.562. The van der Waals surface area contributed by atoms with E-state index >= 15 is 0 Å². The zero-order valence-corrected chi connectivity index (χ0v) is 13.0. The van der Waals surface area contributed by atoms with E-state index in [1.807, 2.05) is 36.0 Å². The van der Waals surface area contributed by atoms with E-state index in [0.717, 1.165) is 24.6 Å². The van der Waals surface area contributed by atoms with Crippen molar-refractivity contribution in [3.05, 3.63) is 30.4 Å². The quantitative estimate of drug-likeness (QED) is 0.861.